The molecule has 3 amide bonds. The van der Waals surface area contributed by atoms with E-state index in [2.05, 4.69) is 26.1 Å². The second kappa shape index (κ2) is 10.2. The number of H-pyrrole nitrogens is 1. The average Bonchev–Trinajstić information content (AvgIpc) is 3.02. The Labute approximate surface area is 175 Å². The van der Waals surface area contributed by atoms with Crippen LogP contribution in [0, 0.1) is 4.77 Å². The van der Waals surface area contributed by atoms with Crippen molar-refractivity contribution in [1.29, 1.82) is 0 Å². The summed E-state index contributed by atoms with van der Waals surface area (Å²) < 4.78 is 2.21. The molecule has 150 valence electrons. The summed E-state index contributed by atoms with van der Waals surface area (Å²) in [6.45, 7) is 2.14. The number of aromatic nitrogens is 3. The van der Waals surface area contributed by atoms with Crippen molar-refractivity contribution in [2.45, 2.75) is 20.0 Å². The third-order valence-electron chi connectivity index (χ3n) is 3.63. The van der Waals surface area contributed by atoms with E-state index >= 15 is 0 Å². The molecule has 0 bridgehead atoms. The highest BCUT2D eigenvalue weighted by atomic mass is 35.5. The number of nitrogens with one attached hydrogen (secondary N) is 4. The zero-order valence-electron chi connectivity index (χ0n) is 14.8. The third-order valence-corrected chi connectivity index (χ3v) is 4.49. The second-order valence-corrected chi connectivity index (χ2v) is 6.78. The minimum absolute atomic E-state index is 0.168. The Kier molecular flexibility index (Phi) is 7.97. The summed E-state index contributed by atoms with van der Waals surface area (Å²) in [6.07, 6.45) is 0. The van der Waals surface area contributed by atoms with Gasteiger partial charge in [-0.2, -0.15) is 5.10 Å². The molecule has 0 spiro atoms. The van der Waals surface area contributed by atoms with Gasteiger partial charge < -0.3 is 20.5 Å². The first kappa shape index (κ1) is 21.9. The maximum Gasteiger partial charge on any atom is 0.253 e. The van der Waals surface area contributed by atoms with Crippen molar-refractivity contribution in [1.82, 2.24) is 30.7 Å². The van der Waals surface area contributed by atoms with Crippen LogP contribution in [0.1, 0.15) is 23.1 Å². The van der Waals surface area contributed by atoms with Crippen LogP contribution in [0.25, 0.3) is 0 Å². The molecule has 2 aromatic rings. The number of nitrogens with zero attached hydrogens (tertiary/aromatic N) is 2. The normalized spacial score (nSPS) is 10.4. The lowest BCUT2D eigenvalue weighted by Crippen LogP contribution is -2.42. The first-order valence-corrected chi connectivity index (χ1v) is 9.39. The number of benzene rings is 1. The van der Waals surface area contributed by atoms with Gasteiger partial charge in [0, 0.05) is 11.6 Å². The highest BCUT2D eigenvalue weighted by Crippen LogP contribution is 2.20. The zero-order chi connectivity index (χ0) is 20.7. The number of carbonyl (C=O) groups is 3. The lowest BCUT2D eigenvalue weighted by molar-refractivity contribution is -0.125. The van der Waals surface area contributed by atoms with Gasteiger partial charge in [0.05, 0.1) is 30.2 Å². The molecule has 0 aliphatic carbocycles. The van der Waals surface area contributed by atoms with Crippen molar-refractivity contribution in [3.05, 3.63) is 44.4 Å². The SMILES string of the molecule is CCn1c(CNC(=O)CNC(=O)CNC(=O)c2ccc(Cl)cc2Cl)n[nH]c1=S. The smallest absolute Gasteiger partial charge is 0.253 e. The molecule has 0 saturated heterocycles. The molecule has 0 fully saturated rings. The molecular formula is C16H18Cl2N6O3S. The summed E-state index contributed by atoms with van der Waals surface area (Å²) in [6, 6.07) is 4.40. The fraction of sp³-hybridized carbons (Fsp3) is 0.312. The molecule has 0 aliphatic rings. The van der Waals surface area contributed by atoms with Gasteiger partial charge in [-0.05, 0) is 37.3 Å². The predicted molar refractivity (Wildman–Crippen MR) is 107 cm³/mol. The average molecular weight is 445 g/mol. The monoisotopic (exact) mass is 444 g/mol. The number of halogens is 2. The summed E-state index contributed by atoms with van der Waals surface area (Å²) in [7, 11) is 0. The summed E-state index contributed by atoms with van der Waals surface area (Å²) >= 11 is 16.8. The molecule has 1 aromatic heterocycles. The van der Waals surface area contributed by atoms with Gasteiger partial charge in [0.1, 0.15) is 0 Å². The minimum atomic E-state index is -0.524. The van der Waals surface area contributed by atoms with Crippen LogP contribution in [-0.2, 0) is 22.7 Å². The van der Waals surface area contributed by atoms with Crippen LogP contribution in [0.2, 0.25) is 10.0 Å². The van der Waals surface area contributed by atoms with E-state index in [0.29, 0.717) is 22.2 Å². The first-order valence-electron chi connectivity index (χ1n) is 8.22. The second-order valence-electron chi connectivity index (χ2n) is 5.55. The molecule has 0 radical (unpaired) electrons. The highest BCUT2D eigenvalue weighted by molar-refractivity contribution is 7.71. The van der Waals surface area contributed by atoms with Crippen LogP contribution in [0.15, 0.2) is 18.2 Å². The van der Waals surface area contributed by atoms with Crippen LogP contribution in [-0.4, -0.2) is 45.6 Å². The van der Waals surface area contributed by atoms with E-state index in [1.54, 1.807) is 4.57 Å². The fourth-order valence-electron chi connectivity index (χ4n) is 2.22. The predicted octanol–water partition coefficient (Wildman–Crippen LogP) is 1.43. The molecule has 0 aliphatic heterocycles. The maximum absolute atomic E-state index is 12.0. The zero-order valence-corrected chi connectivity index (χ0v) is 17.2. The Bertz CT molecular complexity index is 943. The number of hydrogen-bond acceptors (Lipinski definition) is 5. The van der Waals surface area contributed by atoms with Crippen LogP contribution in [0.5, 0.6) is 0 Å². The van der Waals surface area contributed by atoms with E-state index in [9.17, 15) is 14.4 Å². The number of carbonyl (C=O) groups excluding carboxylic acids is 3. The highest BCUT2D eigenvalue weighted by Gasteiger charge is 2.13. The van der Waals surface area contributed by atoms with Crippen molar-refractivity contribution in [2.24, 2.45) is 0 Å². The van der Waals surface area contributed by atoms with Gasteiger partial charge in [-0.1, -0.05) is 23.2 Å². The summed E-state index contributed by atoms with van der Waals surface area (Å²) in [4.78, 5) is 35.7. The van der Waals surface area contributed by atoms with Crippen molar-refractivity contribution in [2.75, 3.05) is 13.1 Å². The van der Waals surface area contributed by atoms with Gasteiger partial charge in [-0.15, -0.1) is 0 Å². The van der Waals surface area contributed by atoms with E-state index in [0.717, 1.165) is 0 Å². The van der Waals surface area contributed by atoms with Gasteiger partial charge in [0.2, 0.25) is 11.8 Å². The van der Waals surface area contributed by atoms with Crippen molar-refractivity contribution >= 4 is 53.1 Å². The number of aromatic amines is 1. The van der Waals surface area contributed by atoms with E-state index in [4.69, 9.17) is 35.4 Å². The van der Waals surface area contributed by atoms with E-state index in [1.807, 2.05) is 6.92 Å². The molecule has 2 rings (SSSR count). The standard InChI is InChI=1S/C16H18Cl2N6O3S/c1-2-24-12(22-23-16(24)28)6-19-13(25)7-20-14(26)8-21-15(27)10-4-3-9(17)5-11(10)18/h3-5H,2,6-8H2,1H3,(H,19,25)(H,20,26)(H,21,27)(H,23,28). The maximum atomic E-state index is 12.0. The quantitative estimate of drug-likeness (QED) is 0.458. The molecule has 1 heterocycles. The van der Waals surface area contributed by atoms with Crippen LogP contribution < -0.4 is 16.0 Å². The van der Waals surface area contributed by atoms with Gasteiger partial charge >= 0.3 is 0 Å². The van der Waals surface area contributed by atoms with E-state index in [-0.39, 0.29) is 30.2 Å². The lowest BCUT2D eigenvalue weighted by atomic mass is 10.2. The van der Waals surface area contributed by atoms with Crippen molar-refractivity contribution in [3.8, 4) is 0 Å². The Hall–Kier alpha value is -2.43. The summed E-state index contributed by atoms with van der Waals surface area (Å²) in [5.41, 5.74) is 0.195. The third kappa shape index (κ3) is 6.04. The molecule has 9 nitrogen and oxygen atoms in total. The molecule has 0 unspecified atom stereocenters. The van der Waals surface area contributed by atoms with Gasteiger partial charge in [0.25, 0.3) is 5.91 Å². The number of hydrogen-bond donors (Lipinski definition) is 4. The summed E-state index contributed by atoms with van der Waals surface area (Å²) in [5.74, 6) is -0.871. The molecule has 12 heteroatoms. The molecular weight excluding hydrogens is 427 g/mol. The molecule has 28 heavy (non-hydrogen) atoms. The molecule has 0 saturated carbocycles. The van der Waals surface area contributed by atoms with Crippen LogP contribution >= 0.6 is 35.4 Å². The Morgan fingerprint density at radius 2 is 1.82 bits per heavy atom. The van der Waals surface area contributed by atoms with E-state index < -0.39 is 17.7 Å². The van der Waals surface area contributed by atoms with E-state index in [1.165, 1.54) is 18.2 Å². The number of amides is 3. The van der Waals surface area contributed by atoms with Crippen LogP contribution in [0.3, 0.4) is 0 Å². The number of rotatable bonds is 8. The Morgan fingerprint density at radius 3 is 2.50 bits per heavy atom. The first-order chi connectivity index (χ1) is 13.3. The van der Waals surface area contributed by atoms with Crippen molar-refractivity contribution in [3.63, 3.8) is 0 Å². The van der Waals surface area contributed by atoms with Gasteiger partial charge in [-0.25, -0.2) is 0 Å². The largest absolute Gasteiger partial charge is 0.347 e. The lowest BCUT2D eigenvalue weighted by Gasteiger charge is -2.09. The molecule has 0 atom stereocenters. The van der Waals surface area contributed by atoms with Gasteiger partial charge in [-0.3, -0.25) is 19.5 Å². The fourth-order valence-corrected chi connectivity index (χ4v) is 3.00. The molecule has 4 N–H and O–H groups in total. The Balaban J connectivity index is 1.73. The molecule has 1 aromatic carbocycles. The topological polar surface area (TPSA) is 121 Å². The van der Waals surface area contributed by atoms with Crippen LogP contribution in [0.4, 0.5) is 0 Å². The minimum Gasteiger partial charge on any atom is -0.347 e. The van der Waals surface area contributed by atoms with Gasteiger partial charge in [0.15, 0.2) is 10.6 Å². The van der Waals surface area contributed by atoms with Crippen molar-refractivity contribution < 1.29 is 14.4 Å². The Morgan fingerprint density at radius 1 is 1.14 bits per heavy atom. The summed E-state index contributed by atoms with van der Waals surface area (Å²) in [5, 5.41) is 14.7.